The van der Waals surface area contributed by atoms with Gasteiger partial charge in [0, 0.05) is 18.8 Å². The van der Waals surface area contributed by atoms with Gasteiger partial charge in [0.1, 0.15) is 6.54 Å². The summed E-state index contributed by atoms with van der Waals surface area (Å²) in [5, 5.41) is 2.75. The number of rotatable bonds is 6. The maximum atomic E-state index is 11.9. The highest BCUT2D eigenvalue weighted by Gasteiger charge is 2.09. The van der Waals surface area contributed by atoms with Crippen molar-refractivity contribution in [1.82, 2.24) is 9.88 Å². The van der Waals surface area contributed by atoms with Gasteiger partial charge in [0.25, 0.3) is 5.56 Å². The number of methoxy groups -OCH3 is 1. The lowest BCUT2D eigenvalue weighted by atomic mass is 10.1. The summed E-state index contributed by atoms with van der Waals surface area (Å²) in [5.74, 6) is -0.840. The number of hydrogen-bond acceptors (Lipinski definition) is 4. The van der Waals surface area contributed by atoms with Gasteiger partial charge in [-0.2, -0.15) is 0 Å². The molecule has 0 aliphatic rings. The van der Waals surface area contributed by atoms with E-state index < -0.39 is 5.97 Å². The van der Waals surface area contributed by atoms with E-state index in [1.165, 1.54) is 30.0 Å². The lowest BCUT2D eigenvalue weighted by molar-refractivity contribution is -0.121. The van der Waals surface area contributed by atoms with Crippen LogP contribution in [0.4, 0.5) is 0 Å². The highest BCUT2D eigenvalue weighted by atomic mass is 16.5. The summed E-state index contributed by atoms with van der Waals surface area (Å²) >= 11 is 0. The Balaban J connectivity index is 1.92. The third-order valence-corrected chi connectivity index (χ3v) is 3.30. The van der Waals surface area contributed by atoms with Gasteiger partial charge in [0.2, 0.25) is 5.91 Å². The molecule has 0 atom stereocenters. The predicted octanol–water partition coefficient (Wildman–Crippen LogP) is 0.994. The molecule has 0 spiro atoms. The first-order chi connectivity index (χ1) is 11.1. The zero-order valence-corrected chi connectivity index (χ0v) is 12.8. The van der Waals surface area contributed by atoms with Crippen molar-refractivity contribution in [2.75, 3.05) is 13.7 Å². The van der Waals surface area contributed by atoms with Gasteiger partial charge in [-0.05, 0) is 18.1 Å². The third-order valence-electron chi connectivity index (χ3n) is 3.30. The van der Waals surface area contributed by atoms with Crippen LogP contribution in [0, 0.1) is 0 Å². The number of benzene rings is 1. The number of carbonyl (C=O) groups is 2. The Kier molecular flexibility index (Phi) is 5.68. The summed E-state index contributed by atoms with van der Waals surface area (Å²) in [6.07, 6.45) is 2.04. The van der Waals surface area contributed by atoms with Crippen molar-refractivity contribution in [2.45, 2.75) is 13.0 Å². The van der Waals surface area contributed by atoms with E-state index in [0.29, 0.717) is 13.0 Å². The Morgan fingerprint density at radius 2 is 1.87 bits per heavy atom. The molecule has 1 aromatic heterocycles. The van der Waals surface area contributed by atoms with Crippen LogP contribution in [0.15, 0.2) is 53.5 Å². The summed E-state index contributed by atoms with van der Waals surface area (Å²) in [6, 6.07) is 12.4. The van der Waals surface area contributed by atoms with Crippen LogP contribution in [0.25, 0.3) is 0 Å². The molecule has 1 heterocycles. The third kappa shape index (κ3) is 4.81. The molecule has 0 saturated heterocycles. The van der Waals surface area contributed by atoms with Gasteiger partial charge in [-0.25, -0.2) is 4.79 Å². The van der Waals surface area contributed by atoms with Crippen molar-refractivity contribution < 1.29 is 14.3 Å². The second-order valence-electron chi connectivity index (χ2n) is 4.96. The number of pyridine rings is 1. The van der Waals surface area contributed by atoms with E-state index in [0.717, 1.165) is 5.56 Å². The lowest BCUT2D eigenvalue weighted by Gasteiger charge is -2.08. The molecule has 0 aliphatic heterocycles. The molecule has 0 radical (unpaired) electrons. The summed E-state index contributed by atoms with van der Waals surface area (Å²) < 4.78 is 5.78. The number of nitrogens with one attached hydrogen (secondary N) is 1. The molecule has 0 unspecified atom stereocenters. The number of ether oxygens (including phenoxy) is 1. The first-order valence-electron chi connectivity index (χ1n) is 7.19. The van der Waals surface area contributed by atoms with E-state index in [-0.39, 0.29) is 23.6 Å². The fourth-order valence-electron chi connectivity index (χ4n) is 2.10. The summed E-state index contributed by atoms with van der Waals surface area (Å²) in [7, 11) is 1.26. The highest BCUT2D eigenvalue weighted by Crippen LogP contribution is 1.99. The molecule has 2 rings (SSSR count). The van der Waals surface area contributed by atoms with Crippen LogP contribution in [-0.4, -0.2) is 30.1 Å². The zero-order valence-electron chi connectivity index (χ0n) is 12.8. The van der Waals surface area contributed by atoms with Gasteiger partial charge in [0.05, 0.1) is 12.7 Å². The fourth-order valence-corrected chi connectivity index (χ4v) is 2.10. The number of nitrogens with zero attached hydrogens (tertiary/aromatic N) is 1. The number of carbonyl (C=O) groups excluding carboxylic acids is 2. The molecule has 0 fully saturated rings. The molecule has 0 aliphatic carbocycles. The summed E-state index contributed by atoms with van der Waals surface area (Å²) in [6.45, 7) is 0.340. The van der Waals surface area contributed by atoms with Crippen molar-refractivity contribution in [3.63, 3.8) is 0 Å². The van der Waals surface area contributed by atoms with Crippen LogP contribution in [0.1, 0.15) is 15.9 Å². The SMILES string of the molecule is COC(=O)c1ccc(=O)n(CC(=O)NCCc2ccccc2)c1. The van der Waals surface area contributed by atoms with Crippen molar-refractivity contribution >= 4 is 11.9 Å². The van der Waals surface area contributed by atoms with Crippen molar-refractivity contribution in [3.05, 3.63) is 70.1 Å². The van der Waals surface area contributed by atoms with Crippen LogP contribution >= 0.6 is 0 Å². The second kappa shape index (κ2) is 7.93. The number of aromatic nitrogens is 1. The van der Waals surface area contributed by atoms with E-state index >= 15 is 0 Å². The van der Waals surface area contributed by atoms with Gasteiger partial charge < -0.3 is 14.6 Å². The van der Waals surface area contributed by atoms with E-state index in [1.807, 2.05) is 30.3 Å². The van der Waals surface area contributed by atoms with Gasteiger partial charge in [-0.1, -0.05) is 30.3 Å². The van der Waals surface area contributed by atoms with E-state index in [2.05, 4.69) is 10.1 Å². The molecule has 1 aromatic carbocycles. The first kappa shape index (κ1) is 16.5. The predicted molar refractivity (Wildman–Crippen MR) is 85.2 cm³/mol. The molecular formula is C17H18N2O4. The molecule has 0 bridgehead atoms. The zero-order chi connectivity index (χ0) is 16.7. The average molecular weight is 314 g/mol. The van der Waals surface area contributed by atoms with Crippen LogP contribution in [0.5, 0.6) is 0 Å². The Bertz CT molecular complexity index is 738. The minimum Gasteiger partial charge on any atom is -0.465 e. The Labute approximate surface area is 133 Å². The Morgan fingerprint density at radius 3 is 2.57 bits per heavy atom. The Hall–Kier alpha value is -2.89. The number of esters is 1. The highest BCUT2D eigenvalue weighted by molar-refractivity contribution is 5.88. The molecule has 0 saturated carbocycles. The van der Waals surface area contributed by atoms with Crippen LogP contribution < -0.4 is 10.9 Å². The number of hydrogen-bond donors (Lipinski definition) is 1. The van der Waals surface area contributed by atoms with Gasteiger partial charge in [-0.15, -0.1) is 0 Å². The van der Waals surface area contributed by atoms with Gasteiger partial charge in [-0.3, -0.25) is 9.59 Å². The number of amides is 1. The largest absolute Gasteiger partial charge is 0.465 e. The van der Waals surface area contributed by atoms with Crippen molar-refractivity contribution in [2.24, 2.45) is 0 Å². The minimum atomic E-state index is -0.553. The monoisotopic (exact) mass is 314 g/mol. The maximum absolute atomic E-state index is 11.9. The summed E-state index contributed by atoms with van der Waals surface area (Å²) in [5.41, 5.74) is 0.998. The topological polar surface area (TPSA) is 77.4 Å². The second-order valence-corrected chi connectivity index (χ2v) is 4.96. The molecule has 120 valence electrons. The van der Waals surface area contributed by atoms with Crippen LogP contribution in [0.3, 0.4) is 0 Å². The lowest BCUT2D eigenvalue weighted by Crippen LogP contribution is -2.33. The minimum absolute atomic E-state index is 0.140. The van der Waals surface area contributed by atoms with E-state index in [9.17, 15) is 14.4 Å². The first-order valence-corrected chi connectivity index (χ1v) is 7.19. The molecular weight excluding hydrogens is 296 g/mol. The molecule has 23 heavy (non-hydrogen) atoms. The maximum Gasteiger partial charge on any atom is 0.339 e. The van der Waals surface area contributed by atoms with Gasteiger partial charge >= 0.3 is 5.97 Å². The van der Waals surface area contributed by atoms with Crippen molar-refractivity contribution in [3.8, 4) is 0 Å². The normalized spacial score (nSPS) is 10.1. The molecule has 6 heteroatoms. The van der Waals surface area contributed by atoms with Crippen LogP contribution in [0.2, 0.25) is 0 Å². The molecule has 1 amide bonds. The molecule has 1 N–H and O–H groups in total. The Morgan fingerprint density at radius 1 is 1.13 bits per heavy atom. The van der Waals surface area contributed by atoms with Crippen LogP contribution in [-0.2, 0) is 22.5 Å². The summed E-state index contributed by atoms with van der Waals surface area (Å²) in [4.78, 5) is 35.1. The standard InChI is InChI=1S/C17H18N2O4/c1-23-17(22)14-7-8-16(21)19(11-14)12-15(20)18-10-9-13-5-3-2-4-6-13/h2-8,11H,9-10,12H2,1H3,(H,18,20). The van der Waals surface area contributed by atoms with E-state index in [1.54, 1.807) is 0 Å². The van der Waals surface area contributed by atoms with E-state index in [4.69, 9.17) is 0 Å². The molecule has 6 nitrogen and oxygen atoms in total. The smallest absolute Gasteiger partial charge is 0.339 e. The fraction of sp³-hybridized carbons (Fsp3) is 0.235. The van der Waals surface area contributed by atoms with Crippen molar-refractivity contribution in [1.29, 1.82) is 0 Å². The van der Waals surface area contributed by atoms with Gasteiger partial charge in [0.15, 0.2) is 0 Å². The average Bonchev–Trinajstić information content (AvgIpc) is 2.57. The quantitative estimate of drug-likeness (QED) is 0.807. The molecule has 2 aromatic rings.